The minimum Gasteiger partial charge on any atom is -0.494 e. The van der Waals surface area contributed by atoms with E-state index in [0.717, 1.165) is 0 Å². The van der Waals surface area contributed by atoms with Crippen LogP contribution in [0.1, 0.15) is 0 Å². The monoisotopic (exact) mass is 403 g/mol. The second kappa shape index (κ2) is 5.43. The minimum absolute atomic E-state index is 0.151. The van der Waals surface area contributed by atoms with Crippen LogP contribution < -0.4 is 9.47 Å². The van der Waals surface area contributed by atoms with Crippen molar-refractivity contribution < 1.29 is 18.3 Å². The number of hydrogen-bond acceptors (Lipinski definition) is 4. The summed E-state index contributed by atoms with van der Waals surface area (Å²) in [5.74, 6) is -2.54. The third-order valence-electron chi connectivity index (χ3n) is 2.75. The fourth-order valence-electron chi connectivity index (χ4n) is 1.76. The van der Waals surface area contributed by atoms with Crippen LogP contribution in [0.3, 0.4) is 0 Å². The van der Waals surface area contributed by atoms with Gasteiger partial charge >= 0.3 is 0 Å². The van der Waals surface area contributed by atoms with Gasteiger partial charge in [-0.15, -0.1) is 0 Å². The summed E-state index contributed by atoms with van der Waals surface area (Å²) in [6.07, 6.45) is 1.59. The molecule has 0 saturated heterocycles. The van der Waals surface area contributed by atoms with Gasteiger partial charge in [0.15, 0.2) is 20.8 Å². The average Bonchev–Trinajstić information content (AvgIpc) is 2.81. The van der Waals surface area contributed by atoms with E-state index in [1.54, 1.807) is 18.3 Å². The summed E-state index contributed by atoms with van der Waals surface area (Å²) in [5, 5.41) is 4.09. The maximum Gasteiger partial charge on any atom is 0.254 e. The van der Waals surface area contributed by atoms with Crippen LogP contribution in [0, 0.1) is 15.3 Å². The van der Waals surface area contributed by atoms with Crippen LogP contribution in [0.4, 0.5) is 8.78 Å². The summed E-state index contributed by atoms with van der Waals surface area (Å²) in [7, 11) is 1.26. The second-order valence-corrected chi connectivity index (χ2v) is 5.02. The first kappa shape index (κ1) is 14.0. The van der Waals surface area contributed by atoms with Gasteiger partial charge in [0.25, 0.3) is 5.88 Å². The lowest BCUT2D eigenvalue weighted by atomic mass is 10.3. The van der Waals surface area contributed by atoms with Crippen molar-refractivity contribution in [2.24, 2.45) is 0 Å². The first-order valence-electron chi connectivity index (χ1n) is 5.81. The lowest BCUT2D eigenvalue weighted by Crippen LogP contribution is -1.97. The molecule has 0 fully saturated rings. The smallest absolute Gasteiger partial charge is 0.254 e. The number of aromatic nitrogens is 3. The van der Waals surface area contributed by atoms with E-state index < -0.39 is 11.6 Å². The lowest BCUT2D eigenvalue weighted by molar-refractivity contribution is 0.356. The average molecular weight is 403 g/mol. The minimum atomic E-state index is -1.13. The maximum absolute atomic E-state index is 13.9. The van der Waals surface area contributed by atoms with Gasteiger partial charge in [-0.3, -0.25) is 0 Å². The Labute approximate surface area is 131 Å². The van der Waals surface area contributed by atoms with E-state index in [9.17, 15) is 8.78 Å². The highest BCUT2D eigenvalue weighted by Crippen LogP contribution is 2.32. The van der Waals surface area contributed by atoms with Gasteiger partial charge in [-0.2, -0.15) is 18.9 Å². The Bertz CT molecular complexity index is 823. The number of fused-ring (bicyclic) bond motifs is 1. The second-order valence-electron chi connectivity index (χ2n) is 4.00. The molecule has 8 heteroatoms. The number of halogens is 3. The van der Waals surface area contributed by atoms with Gasteiger partial charge in [0.2, 0.25) is 11.6 Å². The fourth-order valence-corrected chi connectivity index (χ4v) is 2.36. The molecular formula is C13H8F2IN3O2. The van der Waals surface area contributed by atoms with Gasteiger partial charge in [0.1, 0.15) is 0 Å². The quantitative estimate of drug-likeness (QED) is 0.630. The Morgan fingerprint density at radius 1 is 1.14 bits per heavy atom. The van der Waals surface area contributed by atoms with Crippen molar-refractivity contribution in [2.75, 3.05) is 7.11 Å². The molecule has 3 rings (SSSR count). The molecule has 3 aromatic rings. The van der Waals surface area contributed by atoms with Crippen LogP contribution >= 0.6 is 22.6 Å². The van der Waals surface area contributed by atoms with Crippen molar-refractivity contribution >= 4 is 28.2 Å². The summed E-state index contributed by atoms with van der Waals surface area (Å²) < 4.78 is 39.7. The molecule has 0 atom stereocenters. The number of methoxy groups -OCH3 is 1. The van der Waals surface area contributed by atoms with E-state index in [1.807, 2.05) is 22.6 Å². The molecule has 0 amide bonds. The highest BCUT2D eigenvalue weighted by Gasteiger charge is 2.19. The molecule has 0 saturated carbocycles. The summed E-state index contributed by atoms with van der Waals surface area (Å²) in [4.78, 5) is 4.17. The number of rotatable bonds is 3. The third-order valence-corrected chi connectivity index (χ3v) is 3.67. The van der Waals surface area contributed by atoms with Crippen LogP contribution in [-0.2, 0) is 0 Å². The van der Waals surface area contributed by atoms with Crippen molar-refractivity contribution in [3.8, 4) is 17.4 Å². The zero-order valence-electron chi connectivity index (χ0n) is 10.7. The van der Waals surface area contributed by atoms with Gasteiger partial charge in [-0.1, -0.05) is 0 Å². The van der Waals surface area contributed by atoms with Gasteiger partial charge in [-0.25, -0.2) is 4.52 Å². The van der Waals surface area contributed by atoms with Gasteiger partial charge < -0.3 is 9.47 Å². The zero-order valence-corrected chi connectivity index (χ0v) is 12.8. The van der Waals surface area contributed by atoms with E-state index in [1.165, 1.54) is 23.8 Å². The fraction of sp³-hybridized carbons (Fsp3) is 0.0769. The van der Waals surface area contributed by atoms with Crippen molar-refractivity contribution in [2.45, 2.75) is 0 Å². The van der Waals surface area contributed by atoms with E-state index in [4.69, 9.17) is 9.47 Å². The summed E-state index contributed by atoms with van der Waals surface area (Å²) in [6, 6.07) is 6.02. The Morgan fingerprint density at radius 2 is 1.86 bits per heavy atom. The molecule has 0 radical (unpaired) electrons. The Morgan fingerprint density at radius 3 is 2.57 bits per heavy atom. The lowest BCUT2D eigenvalue weighted by Gasteiger charge is -2.07. The standard InChI is InChI=1S/C13H8F2IN3O2/c1-20-7-4-5-8(11(15)10(7)14)21-13-12(16)19-9(18-13)3-2-6-17-19/h2-6H,1H3. The van der Waals surface area contributed by atoms with Crippen molar-refractivity contribution in [1.29, 1.82) is 0 Å². The van der Waals surface area contributed by atoms with E-state index >= 15 is 0 Å². The van der Waals surface area contributed by atoms with Gasteiger partial charge in [-0.05, 0) is 46.9 Å². The molecule has 0 aliphatic heterocycles. The SMILES string of the molecule is COc1ccc(Oc2nc3cccnn3c2I)c(F)c1F. The molecule has 2 heterocycles. The normalized spacial score (nSPS) is 10.9. The van der Waals surface area contributed by atoms with Crippen molar-refractivity contribution in [1.82, 2.24) is 14.6 Å². The molecule has 0 spiro atoms. The number of benzene rings is 1. The van der Waals surface area contributed by atoms with Crippen LogP contribution in [0.2, 0.25) is 0 Å². The third kappa shape index (κ3) is 2.39. The van der Waals surface area contributed by atoms with Gasteiger partial charge in [0.05, 0.1) is 7.11 Å². The number of hydrogen-bond donors (Lipinski definition) is 0. The van der Waals surface area contributed by atoms with Crippen LogP contribution in [0.25, 0.3) is 5.65 Å². The van der Waals surface area contributed by atoms with Crippen molar-refractivity contribution in [3.05, 3.63) is 45.8 Å². The van der Waals surface area contributed by atoms with E-state index in [-0.39, 0.29) is 17.4 Å². The molecular weight excluding hydrogens is 395 g/mol. The first-order valence-corrected chi connectivity index (χ1v) is 6.88. The molecule has 108 valence electrons. The molecule has 0 aliphatic rings. The molecule has 2 aromatic heterocycles. The number of imidazole rings is 1. The molecule has 0 N–H and O–H groups in total. The maximum atomic E-state index is 13.9. The molecule has 5 nitrogen and oxygen atoms in total. The molecule has 0 bridgehead atoms. The van der Waals surface area contributed by atoms with E-state index in [2.05, 4.69) is 10.1 Å². The molecule has 21 heavy (non-hydrogen) atoms. The Balaban J connectivity index is 2.03. The van der Waals surface area contributed by atoms with E-state index in [0.29, 0.717) is 9.35 Å². The summed E-state index contributed by atoms with van der Waals surface area (Å²) in [5.41, 5.74) is 0.547. The topological polar surface area (TPSA) is 48.7 Å². The summed E-state index contributed by atoms with van der Waals surface area (Å²) in [6.45, 7) is 0. The van der Waals surface area contributed by atoms with Gasteiger partial charge in [0, 0.05) is 6.20 Å². The van der Waals surface area contributed by atoms with Crippen LogP contribution in [0.15, 0.2) is 30.5 Å². The largest absolute Gasteiger partial charge is 0.494 e. The first-order chi connectivity index (χ1) is 10.1. The predicted octanol–water partition coefficient (Wildman–Crippen LogP) is 3.41. The van der Waals surface area contributed by atoms with Crippen LogP contribution in [-0.4, -0.2) is 21.7 Å². The summed E-state index contributed by atoms with van der Waals surface area (Å²) >= 11 is 1.97. The number of nitrogens with zero attached hydrogens (tertiary/aromatic N) is 3. The Kier molecular flexibility index (Phi) is 3.62. The molecule has 0 unspecified atom stereocenters. The highest BCUT2D eigenvalue weighted by molar-refractivity contribution is 14.1. The zero-order chi connectivity index (χ0) is 15.0. The molecule has 0 aliphatic carbocycles. The highest BCUT2D eigenvalue weighted by atomic mass is 127. The molecule has 1 aromatic carbocycles. The van der Waals surface area contributed by atoms with Crippen LogP contribution in [0.5, 0.6) is 17.4 Å². The predicted molar refractivity (Wildman–Crippen MR) is 78.7 cm³/mol. The van der Waals surface area contributed by atoms with Crippen molar-refractivity contribution in [3.63, 3.8) is 0 Å². The number of ether oxygens (including phenoxy) is 2. The Hall–Kier alpha value is -1.97.